The number of amides is 4. The molecule has 2 aliphatic heterocycles. The van der Waals surface area contributed by atoms with Crippen molar-refractivity contribution in [3.8, 4) is 0 Å². The number of imide groups is 2. The molecule has 118 valence electrons. The monoisotopic (exact) mass is 304 g/mol. The van der Waals surface area contributed by atoms with Crippen molar-refractivity contribution < 1.29 is 19.2 Å². The third-order valence-corrected chi connectivity index (χ3v) is 6.29. The second-order valence-electron chi connectivity index (χ2n) is 7.28. The molecule has 0 aromatic rings. The highest BCUT2D eigenvalue weighted by Crippen LogP contribution is 2.47. The Hall–Kier alpha value is -1.72. The summed E-state index contributed by atoms with van der Waals surface area (Å²) in [4.78, 5) is 47.2. The molecule has 0 spiro atoms. The van der Waals surface area contributed by atoms with E-state index in [1.54, 1.807) is 0 Å². The van der Waals surface area contributed by atoms with Crippen molar-refractivity contribution >= 4 is 23.6 Å². The molecule has 22 heavy (non-hydrogen) atoms. The van der Waals surface area contributed by atoms with Gasteiger partial charge in [-0.25, -0.2) is 0 Å². The van der Waals surface area contributed by atoms with Gasteiger partial charge in [0.05, 0.1) is 11.8 Å². The molecule has 2 N–H and O–H groups in total. The lowest BCUT2D eigenvalue weighted by atomic mass is 9.64. The predicted octanol–water partition coefficient (Wildman–Crippen LogP) is 0.364. The Morgan fingerprint density at radius 3 is 1.32 bits per heavy atom. The Kier molecular flexibility index (Phi) is 3.09. The van der Waals surface area contributed by atoms with E-state index in [1.807, 2.05) is 0 Å². The zero-order valence-corrected chi connectivity index (χ0v) is 12.3. The van der Waals surface area contributed by atoms with Crippen molar-refractivity contribution in [2.75, 3.05) is 0 Å². The summed E-state index contributed by atoms with van der Waals surface area (Å²) in [5.74, 6) is -0.330. The van der Waals surface area contributed by atoms with Gasteiger partial charge in [-0.3, -0.25) is 29.8 Å². The van der Waals surface area contributed by atoms with Crippen molar-refractivity contribution in [2.24, 2.45) is 35.5 Å². The van der Waals surface area contributed by atoms with E-state index in [-0.39, 0.29) is 47.3 Å². The molecule has 0 radical (unpaired) electrons. The molecular formula is C16H20N2O4. The van der Waals surface area contributed by atoms with Gasteiger partial charge in [0, 0.05) is 11.8 Å². The molecule has 0 aromatic carbocycles. The van der Waals surface area contributed by atoms with Crippen LogP contribution in [0.4, 0.5) is 0 Å². The third-order valence-electron chi connectivity index (χ3n) is 6.29. The van der Waals surface area contributed by atoms with E-state index in [4.69, 9.17) is 0 Å². The standard InChI is InChI=1S/C16H20N2O4/c19-13-9-3-1-7(5-11(9)15(21)17-13)8-2-4-10-12(6-8)16(22)18-14(10)20/h7-12H,1-6H2,(H,17,19,21)(H,18,20,22). The maximum absolute atomic E-state index is 11.9. The first-order valence-electron chi connectivity index (χ1n) is 8.24. The van der Waals surface area contributed by atoms with Gasteiger partial charge in [0.2, 0.25) is 23.6 Å². The summed E-state index contributed by atoms with van der Waals surface area (Å²) in [6, 6.07) is 0. The number of hydrogen-bond acceptors (Lipinski definition) is 4. The molecule has 6 atom stereocenters. The summed E-state index contributed by atoms with van der Waals surface area (Å²) >= 11 is 0. The zero-order chi connectivity index (χ0) is 15.4. The smallest absolute Gasteiger partial charge is 0.230 e. The van der Waals surface area contributed by atoms with E-state index >= 15 is 0 Å². The first-order valence-corrected chi connectivity index (χ1v) is 8.24. The number of carbonyl (C=O) groups is 4. The zero-order valence-electron chi connectivity index (χ0n) is 12.3. The third kappa shape index (κ3) is 2.00. The van der Waals surface area contributed by atoms with E-state index in [1.165, 1.54) is 0 Å². The Balaban J connectivity index is 1.45. The number of rotatable bonds is 1. The summed E-state index contributed by atoms with van der Waals surface area (Å²) in [5.41, 5.74) is 0. The van der Waals surface area contributed by atoms with Crippen LogP contribution in [0.25, 0.3) is 0 Å². The summed E-state index contributed by atoms with van der Waals surface area (Å²) < 4.78 is 0. The Labute approximate surface area is 128 Å². The highest BCUT2D eigenvalue weighted by atomic mass is 16.2. The van der Waals surface area contributed by atoms with Crippen molar-refractivity contribution in [1.82, 2.24) is 10.6 Å². The molecule has 6 heteroatoms. The second-order valence-corrected chi connectivity index (χ2v) is 7.28. The van der Waals surface area contributed by atoms with Crippen LogP contribution in [0.5, 0.6) is 0 Å². The minimum Gasteiger partial charge on any atom is -0.296 e. The first-order chi connectivity index (χ1) is 10.5. The van der Waals surface area contributed by atoms with Gasteiger partial charge in [0.1, 0.15) is 0 Å². The molecule has 4 amide bonds. The molecule has 4 rings (SSSR count). The normalized spacial score (nSPS) is 44.4. The molecule has 2 saturated carbocycles. The summed E-state index contributed by atoms with van der Waals surface area (Å²) in [5, 5.41) is 4.89. The van der Waals surface area contributed by atoms with Gasteiger partial charge in [0.15, 0.2) is 0 Å². The van der Waals surface area contributed by atoms with Crippen LogP contribution in [-0.2, 0) is 19.2 Å². The minimum atomic E-state index is -0.178. The molecular weight excluding hydrogens is 284 g/mol. The Morgan fingerprint density at radius 2 is 0.909 bits per heavy atom. The van der Waals surface area contributed by atoms with Gasteiger partial charge in [0.25, 0.3) is 0 Å². The summed E-state index contributed by atoms with van der Waals surface area (Å²) in [6.07, 6.45) is 4.92. The average Bonchev–Trinajstić information content (AvgIpc) is 2.96. The van der Waals surface area contributed by atoms with Crippen molar-refractivity contribution in [2.45, 2.75) is 38.5 Å². The Bertz CT molecular complexity index is 522. The maximum atomic E-state index is 11.9. The van der Waals surface area contributed by atoms with Crippen molar-refractivity contribution in [1.29, 1.82) is 0 Å². The van der Waals surface area contributed by atoms with Crippen LogP contribution in [-0.4, -0.2) is 23.6 Å². The lowest BCUT2D eigenvalue weighted by Gasteiger charge is -2.38. The minimum absolute atomic E-state index is 0.113. The van der Waals surface area contributed by atoms with E-state index in [9.17, 15) is 19.2 Å². The van der Waals surface area contributed by atoms with Crippen LogP contribution >= 0.6 is 0 Å². The average molecular weight is 304 g/mol. The van der Waals surface area contributed by atoms with E-state index < -0.39 is 0 Å². The van der Waals surface area contributed by atoms with Crippen LogP contribution in [0.15, 0.2) is 0 Å². The van der Waals surface area contributed by atoms with Gasteiger partial charge >= 0.3 is 0 Å². The molecule has 0 aromatic heterocycles. The van der Waals surface area contributed by atoms with Crippen LogP contribution in [0.3, 0.4) is 0 Å². The highest BCUT2D eigenvalue weighted by Gasteiger charge is 2.50. The number of nitrogens with one attached hydrogen (secondary N) is 2. The quantitative estimate of drug-likeness (QED) is 0.684. The SMILES string of the molecule is O=C1NC(=O)C2CC(C3CCC4C(=O)NC(=O)C4C3)CCC12. The molecule has 4 aliphatic rings. The fourth-order valence-electron chi connectivity index (χ4n) is 5.08. The molecule has 4 fully saturated rings. The number of carbonyl (C=O) groups excluding carboxylic acids is 4. The van der Waals surface area contributed by atoms with E-state index in [0.717, 1.165) is 38.5 Å². The topological polar surface area (TPSA) is 92.3 Å². The van der Waals surface area contributed by atoms with Crippen LogP contribution in [0.2, 0.25) is 0 Å². The predicted molar refractivity (Wildman–Crippen MR) is 74.9 cm³/mol. The maximum Gasteiger partial charge on any atom is 0.230 e. The van der Waals surface area contributed by atoms with Crippen LogP contribution < -0.4 is 10.6 Å². The number of hydrogen-bond donors (Lipinski definition) is 2. The fraction of sp³-hybridized carbons (Fsp3) is 0.750. The summed E-state index contributed by atoms with van der Waals surface area (Å²) in [7, 11) is 0. The van der Waals surface area contributed by atoms with E-state index in [0.29, 0.717) is 11.8 Å². The first kappa shape index (κ1) is 13.9. The Morgan fingerprint density at radius 1 is 0.545 bits per heavy atom. The van der Waals surface area contributed by atoms with Gasteiger partial charge in [-0.2, -0.15) is 0 Å². The second kappa shape index (κ2) is 4.89. The van der Waals surface area contributed by atoms with Crippen LogP contribution in [0, 0.1) is 35.5 Å². The van der Waals surface area contributed by atoms with E-state index in [2.05, 4.69) is 10.6 Å². The van der Waals surface area contributed by atoms with Gasteiger partial charge in [-0.15, -0.1) is 0 Å². The highest BCUT2D eigenvalue weighted by molar-refractivity contribution is 6.05. The molecule has 2 saturated heterocycles. The largest absolute Gasteiger partial charge is 0.296 e. The van der Waals surface area contributed by atoms with Gasteiger partial charge in [-0.1, -0.05) is 0 Å². The molecule has 2 aliphatic carbocycles. The number of fused-ring (bicyclic) bond motifs is 2. The molecule has 0 bridgehead atoms. The molecule has 2 heterocycles. The van der Waals surface area contributed by atoms with Gasteiger partial charge < -0.3 is 0 Å². The molecule has 6 nitrogen and oxygen atoms in total. The lowest BCUT2D eigenvalue weighted by molar-refractivity contribution is -0.127. The van der Waals surface area contributed by atoms with Crippen molar-refractivity contribution in [3.63, 3.8) is 0 Å². The van der Waals surface area contributed by atoms with Crippen molar-refractivity contribution in [3.05, 3.63) is 0 Å². The lowest BCUT2D eigenvalue weighted by Crippen LogP contribution is -2.35. The van der Waals surface area contributed by atoms with Crippen LogP contribution in [0.1, 0.15) is 38.5 Å². The van der Waals surface area contributed by atoms with Gasteiger partial charge in [-0.05, 0) is 50.4 Å². The summed E-state index contributed by atoms with van der Waals surface area (Å²) in [6.45, 7) is 0. The fourth-order valence-corrected chi connectivity index (χ4v) is 5.08. The molecule has 6 unspecified atom stereocenters.